The molecule has 4 atom stereocenters. The third kappa shape index (κ3) is 1.64. The fourth-order valence-corrected chi connectivity index (χ4v) is 4.01. The van der Waals surface area contributed by atoms with Gasteiger partial charge in [-0.05, 0) is 43.9 Å². The van der Waals surface area contributed by atoms with Gasteiger partial charge in [0, 0.05) is 18.8 Å². The van der Waals surface area contributed by atoms with Crippen molar-refractivity contribution in [1.82, 2.24) is 0 Å². The highest BCUT2D eigenvalue weighted by Crippen LogP contribution is 2.47. The molecule has 0 radical (unpaired) electrons. The van der Waals surface area contributed by atoms with E-state index in [-0.39, 0.29) is 6.10 Å². The lowest BCUT2D eigenvalue weighted by atomic mass is 9.62. The second-order valence-electron chi connectivity index (χ2n) is 5.69. The average molecular weight is 220 g/mol. The number of aliphatic hydroxyl groups is 1. The average Bonchev–Trinajstić information content (AvgIpc) is 2.28. The Morgan fingerprint density at radius 2 is 2.06 bits per heavy atom. The van der Waals surface area contributed by atoms with Gasteiger partial charge in [-0.1, -0.05) is 11.6 Å². The zero-order valence-electron chi connectivity index (χ0n) is 9.69. The smallest absolute Gasteiger partial charge is 0.133 e. The highest BCUT2D eigenvalue weighted by atomic mass is 16.3. The molecule has 0 heterocycles. The van der Waals surface area contributed by atoms with Gasteiger partial charge in [-0.15, -0.1) is 0 Å². The normalized spacial score (nSPS) is 43.3. The van der Waals surface area contributed by atoms with Crippen LogP contribution in [-0.2, 0) is 4.79 Å². The molecule has 0 aromatic heterocycles. The molecule has 0 aromatic rings. The van der Waals surface area contributed by atoms with E-state index in [2.05, 4.69) is 6.08 Å². The number of hydrogen-bond acceptors (Lipinski definition) is 2. The Balaban J connectivity index is 1.96. The summed E-state index contributed by atoms with van der Waals surface area (Å²) >= 11 is 0. The van der Waals surface area contributed by atoms with Crippen molar-refractivity contribution in [2.45, 2.75) is 51.0 Å². The zero-order chi connectivity index (χ0) is 11.1. The second kappa shape index (κ2) is 3.99. The lowest BCUT2D eigenvalue weighted by molar-refractivity contribution is -0.122. The van der Waals surface area contributed by atoms with Crippen LogP contribution in [0.25, 0.3) is 0 Å². The van der Waals surface area contributed by atoms with E-state index in [0.717, 1.165) is 38.5 Å². The van der Waals surface area contributed by atoms with Gasteiger partial charge >= 0.3 is 0 Å². The number of allylic oxidation sites excluding steroid dienone is 1. The molecule has 0 spiro atoms. The van der Waals surface area contributed by atoms with E-state index in [4.69, 9.17) is 0 Å². The summed E-state index contributed by atoms with van der Waals surface area (Å²) in [6.45, 7) is 0. The van der Waals surface area contributed by atoms with Gasteiger partial charge < -0.3 is 5.11 Å². The number of aliphatic hydroxyl groups excluding tert-OH is 1. The van der Waals surface area contributed by atoms with Crippen molar-refractivity contribution in [2.24, 2.45) is 17.8 Å². The fourth-order valence-electron chi connectivity index (χ4n) is 4.01. The Labute approximate surface area is 96.7 Å². The first-order valence-corrected chi connectivity index (χ1v) is 6.65. The lowest BCUT2D eigenvalue weighted by Gasteiger charge is -2.44. The minimum absolute atomic E-state index is 0.182. The molecule has 4 bridgehead atoms. The molecule has 16 heavy (non-hydrogen) atoms. The van der Waals surface area contributed by atoms with Crippen LogP contribution in [-0.4, -0.2) is 17.0 Å². The first kappa shape index (κ1) is 10.5. The highest BCUT2D eigenvalue weighted by Gasteiger charge is 2.41. The van der Waals surface area contributed by atoms with Gasteiger partial charge in [-0.25, -0.2) is 0 Å². The van der Waals surface area contributed by atoms with Crippen molar-refractivity contribution < 1.29 is 9.90 Å². The first-order chi connectivity index (χ1) is 7.75. The molecule has 0 aromatic carbocycles. The van der Waals surface area contributed by atoms with Crippen LogP contribution in [0.15, 0.2) is 11.6 Å². The van der Waals surface area contributed by atoms with E-state index in [1.54, 1.807) is 0 Å². The maximum absolute atomic E-state index is 11.8. The van der Waals surface area contributed by atoms with Gasteiger partial charge in [-0.2, -0.15) is 0 Å². The molecule has 2 heteroatoms. The Hall–Kier alpha value is -0.630. The van der Waals surface area contributed by atoms with Crippen LogP contribution in [0, 0.1) is 17.8 Å². The van der Waals surface area contributed by atoms with Gasteiger partial charge in [0.15, 0.2) is 0 Å². The summed E-state index contributed by atoms with van der Waals surface area (Å²) in [5.41, 5.74) is 1.50. The number of carbonyl (C=O) groups excluding carboxylic acids is 1. The molecule has 1 N–H and O–H groups in total. The molecule has 3 aliphatic rings. The number of hydrogen-bond donors (Lipinski definition) is 1. The van der Waals surface area contributed by atoms with Crippen LogP contribution in [0.4, 0.5) is 0 Å². The van der Waals surface area contributed by atoms with Crippen molar-refractivity contribution in [2.75, 3.05) is 0 Å². The molecule has 2 saturated carbocycles. The molecular weight excluding hydrogens is 200 g/mol. The monoisotopic (exact) mass is 220 g/mol. The zero-order valence-corrected chi connectivity index (χ0v) is 9.69. The molecule has 2 nitrogen and oxygen atoms in total. The number of ketones is 1. The molecule has 88 valence electrons. The summed E-state index contributed by atoms with van der Waals surface area (Å²) in [6.07, 6.45) is 8.94. The van der Waals surface area contributed by atoms with Crippen LogP contribution in [0.2, 0.25) is 0 Å². The summed E-state index contributed by atoms with van der Waals surface area (Å²) in [5.74, 6) is 1.78. The molecule has 2 fully saturated rings. The molecule has 0 aliphatic heterocycles. The number of carbonyl (C=O) groups is 1. The van der Waals surface area contributed by atoms with Crippen LogP contribution >= 0.6 is 0 Å². The quantitative estimate of drug-likeness (QED) is 0.637. The standard InChI is InChI=1S/C14H20O2/c15-11-6-4-9-5-7-13(16)14-10(8-11)2-1-3-12(9)14/h3,9-10,13-14,16H,1-2,4-8H2/t9-,10+,13+,14-/m0/s1. The van der Waals surface area contributed by atoms with Crippen LogP contribution in [0.3, 0.4) is 0 Å². The largest absolute Gasteiger partial charge is 0.392 e. The maximum atomic E-state index is 11.8. The summed E-state index contributed by atoms with van der Waals surface area (Å²) < 4.78 is 0. The van der Waals surface area contributed by atoms with E-state index in [1.807, 2.05) is 0 Å². The third-order valence-electron chi connectivity index (χ3n) is 4.77. The number of rotatable bonds is 0. The summed E-state index contributed by atoms with van der Waals surface area (Å²) in [4.78, 5) is 11.8. The Bertz CT molecular complexity index is 332. The summed E-state index contributed by atoms with van der Waals surface area (Å²) in [6, 6.07) is 0. The predicted octanol–water partition coefficient (Wildman–Crippen LogP) is 2.46. The Morgan fingerprint density at radius 3 is 2.94 bits per heavy atom. The van der Waals surface area contributed by atoms with Gasteiger partial charge in [0.05, 0.1) is 6.10 Å². The SMILES string of the molecule is O=C1CC[C@H]2CC[C@@H](O)[C@@H]3C2=CCC[C@@H]3C1. The van der Waals surface area contributed by atoms with Crippen LogP contribution in [0.5, 0.6) is 0 Å². The fraction of sp³-hybridized carbons (Fsp3) is 0.786. The predicted molar refractivity (Wildman–Crippen MR) is 61.9 cm³/mol. The summed E-state index contributed by atoms with van der Waals surface area (Å²) in [7, 11) is 0. The van der Waals surface area contributed by atoms with Crippen molar-refractivity contribution >= 4 is 5.78 Å². The van der Waals surface area contributed by atoms with Crippen molar-refractivity contribution in [3.8, 4) is 0 Å². The van der Waals surface area contributed by atoms with E-state index >= 15 is 0 Å². The highest BCUT2D eigenvalue weighted by molar-refractivity contribution is 5.79. The molecular formula is C14H20O2. The van der Waals surface area contributed by atoms with Crippen molar-refractivity contribution in [3.63, 3.8) is 0 Å². The van der Waals surface area contributed by atoms with Gasteiger partial charge in [-0.3, -0.25) is 4.79 Å². The first-order valence-electron chi connectivity index (χ1n) is 6.65. The van der Waals surface area contributed by atoms with Crippen molar-refractivity contribution in [3.05, 3.63) is 11.6 Å². The number of Topliss-reactive ketones (excluding diaryl/α,β-unsaturated/α-hetero) is 1. The van der Waals surface area contributed by atoms with E-state index in [0.29, 0.717) is 30.0 Å². The second-order valence-corrected chi connectivity index (χ2v) is 5.69. The van der Waals surface area contributed by atoms with E-state index in [9.17, 15) is 9.90 Å². The summed E-state index contributed by atoms with van der Waals surface area (Å²) in [5, 5.41) is 10.2. The topological polar surface area (TPSA) is 37.3 Å². The maximum Gasteiger partial charge on any atom is 0.133 e. The van der Waals surface area contributed by atoms with Gasteiger partial charge in [0.1, 0.15) is 5.78 Å². The Kier molecular flexibility index (Phi) is 2.62. The molecule has 0 unspecified atom stereocenters. The third-order valence-corrected chi connectivity index (χ3v) is 4.77. The van der Waals surface area contributed by atoms with Crippen LogP contribution in [0.1, 0.15) is 44.9 Å². The minimum Gasteiger partial charge on any atom is -0.392 e. The lowest BCUT2D eigenvalue weighted by Crippen LogP contribution is -2.40. The molecule has 3 aliphatic carbocycles. The van der Waals surface area contributed by atoms with E-state index < -0.39 is 0 Å². The van der Waals surface area contributed by atoms with Gasteiger partial charge in [0.25, 0.3) is 0 Å². The molecule has 0 saturated heterocycles. The molecule has 3 rings (SSSR count). The minimum atomic E-state index is -0.182. The van der Waals surface area contributed by atoms with E-state index in [1.165, 1.54) is 5.57 Å². The van der Waals surface area contributed by atoms with Gasteiger partial charge in [0.2, 0.25) is 0 Å². The Morgan fingerprint density at radius 1 is 1.19 bits per heavy atom. The molecule has 0 amide bonds. The van der Waals surface area contributed by atoms with Crippen molar-refractivity contribution in [1.29, 1.82) is 0 Å². The van der Waals surface area contributed by atoms with Crippen LogP contribution < -0.4 is 0 Å².